The van der Waals surface area contributed by atoms with E-state index in [1.807, 2.05) is 0 Å². The fraction of sp³-hybridized carbons (Fsp3) is 0.625. The first-order valence-electron chi connectivity index (χ1n) is 7.13. The van der Waals surface area contributed by atoms with Gasteiger partial charge in [0, 0.05) is 12.1 Å². The van der Waals surface area contributed by atoms with Gasteiger partial charge in [-0.2, -0.15) is 0 Å². The Labute approximate surface area is 114 Å². The molecule has 2 rings (SSSR count). The molecule has 0 saturated heterocycles. The molecule has 19 heavy (non-hydrogen) atoms. The second-order valence-electron chi connectivity index (χ2n) is 6.42. The summed E-state index contributed by atoms with van der Waals surface area (Å²) in [6.07, 6.45) is 5.57. The molecule has 1 aromatic rings. The number of benzene rings is 1. The van der Waals surface area contributed by atoms with Crippen molar-refractivity contribution in [2.75, 3.05) is 6.54 Å². The maximum Gasteiger partial charge on any atom is 0.126 e. The van der Waals surface area contributed by atoms with E-state index in [1.54, 1.807) is 0 Å². The number of hydrogen-bond donors (Lipinski definition) is 1. The maximum absolute atomic E-state index is 13.0. The average molecular weight is 267 g/mol. The van der Waals surface area contributed by atoms with Crippen LogP contribution in [0.25, 0.3) is 0 Å². The van der Waals surface area contributed by atoms with E-state index < -0.39 is 11.6 Å². The van der Waals surface area contributed by atoms with Crippen molar-refractivity contribution < 1.29 is 8.78 Å². The summed E-state index contributed by atoms with van der Waals surface area (Å²) < 4.78 is 26.1. The predicted octanol–water partition coefficient (Wildman–Crippen LogP) is 4.07. The van der Waals surface area contributed by atoms with Gasteiger partial charge in [-0.15, -0.1) is 0 Å². The van der Waals surface area contributed by atoms with Crippen LogP contribution in [0.2, 0.25) is 0 Å². The maximum atomic E-state index is 13.0. The summed E-state index contributed by atoms with van der Waals surface area (Å²) in [5, 5.41) is 3.50. The van der Waals surface area contributed by atoms with Crippen LogP contribution in [0.3, 0.4) is 0 Å². The molecule has 0 aliphatic heterocycles. The van der Waals surface area contributed by atoms with E-state index in [0.29, 0.717) is 17.9 Å². The van der Waals surface area contributed by atoms with Gasteiger partial charge in [-0.25, -0.2) is 8.78 Å². The molecular formula is C16H23F2N. The summed E-state index contributed by atoms with van der Waals surface area (Å²) in [5.41, 5.74) is 1.20. The minimum absolute atomic E-state index is 0.476. The smallest absolute Gasteiger partial charge is 0.126 e. The van der Waals surface area contributed by atoms with Gasteiger partial charge in [-0.3, -0.25) is 0 Å². The molecular weight excluding hydrogens is 244 g/mol. The molecule has 1 N–H and O–H groups in total. The first-order chi connectivity index (χ1) is 8.94. The minimum Gasteiger partial charge on any atom is -0.314 e. The molecule has 0 radical (unpaired) electrons. The molecule has 0 aromatic heterocycles. The molecule has 1 aliphatic rings. The van der Waals surface area contributed by atoms with E-state index in [2.05, 4.69) is 19.2 Å². The highest BCUT2D eigenvalue weighted by Gasteiger charge is 2.26. The Balaban J connectivity index is 1.75. The molecule has 0 atom stereocenters. The second kappa shape index (κ2) is 6.00. The SMILES string of the molecule is CC1(C)CCC(NCCc2cc(F)cc(F)c2)CC1. The van der Waals surface area contributed by atoms with Gasteiger partial charge in [0.2, 0.25) is 0 Å². The van der Waals surface area contributed by atoms with Crippen LogP contribution in [0.1, 0.15) is 45.1 Å². The van der Waals surface area contributed by atoms with Crippen LogP contribution in [-0.2, 0) is 6.42 Å². The molecule has 1 aromatic carbocycles. The lowest BCUT2D eigenvalue weighted by Gasteiger charge is -2.34. The third kappa shape index (κ3) is 4.57. The van der Waals surface area contributed by atoms with Gasteiger partial charge < -0.3 is 5.32 Å². The van der Waals surface area contributed by atoms with Crippen molar-refractivity contribution in [3.05, 3.63) is 35.4 Å². The van der Waals surface area contributed by atoms with E-state index in [0.717, 1.165) is 18.2 Å². The van der Waals surface area contributed by atoms with E-state index >= 15 is 0 Å². The quantitative estimate of drug-likeness (QED) is 0.867. The molecule has 0 bridgehead atoms. The molecule has 1 fully saturated rings. The highest BCUT2D eigenvalue weighted by molar-refractivity contribution is 5.18. The van der Waals surface area contributed by atoms with E-state index in [9.17, 15) is 8.78 Å². The summed E-state index contributed by atoms with van der Waals surface area (Å²) >= 11 is 0. The van der Waals surface area contributed by atoms with E-state index in [4.69, 9.17) is 0 Å². The predicted molar refractivity (Wildman–Crippen MR) is 74.1 cm³/mol. The molecule has 106 valence electrons. The Morgan fingerprint density at radius 3 is 2.26 bits per heavy atom. The van der Waals surface area contributed by atoms with Gasteiger partial charge in [0.15, 0.2) is 0 Å². The molecule has 0 heterocycles. The van der Waals surface area contributed by atoms with Gasteiger partial charge >= 0.3 is 0 Å². The van der Waals surface area contributed by atoms with Crippen LogP contribution >= 0.6 is 0 Å². The number of rotatable bonds is 4. The second-order valence-corrected chi connectivity index (χ2v) is 6.42. The Morgan fingerprint density at radius 1 is 1.11 bits per heavy atom. The summed E-state index contributed by atoms with van der Waals surface area (Å²) in [4.78, 5) is 0. The number of hydrogen-bond acceptors (Lipinski definition) is 1. The molecule has 0 unspecified atom stereocenters. The number of halogens is 2. The van der Waals surface area contributed by atoms with Crippen LogP contribution in [0.5, 0.6) is 0 Å². The third-order valence-electron chi connectivity index (χ3n) is 4.11. The Bertz CT molecular complexity index is 399. The minimum atomic E-state index is -0.491. The lowest BCUT2D eigenvalue weighted by atomic mass is 9.75. The average Bonchev–Trinajstić information content (AvgIpc) is 2.30. The van der Waals surface area contributed by atoms with Crippen molar-refractivity contribution in [1.82, 2.24) is 5.32 Å². The molecule has 1 nitrogen and oxygen atoms in total. The molecule has 1 aliphatic carbocycles. The fourth-order valence-electron chi connectivity index (χ4n) is 2.78. The zero-order valence-corrected chi connectivity index (χ0v) is 11.8. The third-order valence-corrected chi connectivity index (χ3v) is 4.11. The highest BCUT2D eigenvalue weighted by atomic mass is 19.1. The monoisotopic (exact) mass is 267 g/mol. The van der Waals surface area contributed by atoms with Gasteiger partial charge in [0.25, 0.3) is 0 Å². The fourth-order valence-corrected chi connectivity index (χ4v) is 2.78. The first kappa shape index (κ1) is 14.4. The molecule has 0 amide bonds. The van der Waals surface area contributed by atoms with Crippen LogP contribution < -0.4 is 5.32 Å². The highest BCUT2D eigenvalue weighted by Crippen LogP contribution is 2.34. The van der Waals surface area contributed by atoms with Crippen LogP contribution in [0.15, 0.2) is 18.2 Å². The van der Waals surface area contributed by atoms with Crippen molar-refractivity contribution in [1.29, 1.82) is 0 Å². The summed E-state index contributed by atoms with van der Waals surface area (Å²) in [6, 6.07) is 4.30. The Kier molecular flexibility index (Phi) is 4.56. The first-order valence-corrected chi connectivity index (χ1v) is 7.13. The van der Waals surface area contributed by atoms with Crippen LogP contribution in [0, 0.1) is 17.0 Å². The van der Waals surface area contributed by atoms with Crippen molar-refractivity contribution >= 4 is 0 Å². The van der Waals surface area contributed by atoms with Crippen LogP contribution in [0.4, 0.5) is 8.78 Å². The molecule has 1 saturated carbocycles. The summed E-state index contributed by atoms with van der Waals surface area (Å²) in [7, 11) is 0. The van der Waals surface area contributed by atoms with Crippen molar-refractivity contribution in [2.24, 2.45) is 5.41 Å². The summed E-state index contributed by atoms with van der Waals surface area (Å²) in [6.45, 7) is 5.42. The normalized spacial score (nSPS) is 19.6. The topological polar surface area (TPSA) is 12.0 Å². The lowest BCUT2D eigenvalue weighted by molar-refractivity contribution is 0.207. The van der Waals surface area contributed by atoms with Gasteiger partial charge in [0.05, 0.1) is 0 Å². The molecule has 0 spiro atoms. The van der Waals surface area contributed by atoms with E-state index in [1.165, 1.54) is 37.8 Å². The lowest BCUT2D eigenvalue weighted by Crippen LogP contribution is -2.36. The standard InChI is InChI=1S/C16H23F2N/c1-16(2)6-3-15(4-7-16)19-8-5-12-9-13(17)11-14(18)10-12/h9-11,15,19H,3-8H2,1-2H3. The van der Waals surface area contributed by atoms with Gasteiger partial charge in [-0.1, -0.05) is 13.8 Å². The Hall–Kier alpha value is -0.960. The molecule has 3 heteroatoms. The zero-order chi connectivity index (χ0) is 13.9. The van der Waals surface area contributed by atoms with Gasteiger partial charge in [0.1, 0.15) is 11.6 Å². The van der Waals surface area contributed by atoms with Crippen LogP contribution in [-0.4, -0.2) is 12.6 Å². The van der Waals surface area contributed by atoms with Gasteiger partial charge in [-0.05, 0) is 61.8 Å². The van der Waals surface area contributed by atoms with E-state index in [-0.39, 0.29) is 0 Å². The zero-order valence-electron chi connectivity index (χ0n) is 11.8. The van der Waals surface area contributed by atoms with Crippen molar-refractivity contribution in [3.63, 3.8) is 0 Å². The summed E-state index contributed by atoms with van der Waals surface area (Å²) in [5.74, 6) is -0.983. The Morgan fingerprint density at radius 2 is 1.68 bits per heavy atom. The van der Waals surface area contributed by atoms with Crippen molar-refractivity contribution in [2.45, 2.75) is 52.0 Å². The largest absolute Gasteiger partial charge is 0.314 e. The number of nitrogens with one attached hydrogen (secondary N) is 1. The van der Waals surface area contributed by atoms with Crippen molar-refractivity contribution in [3.8, 4) is 0 Å².